The summed E-state index contributed by atoms with van der Waals surface area (Å²) in [5.74, 6) is 1.05. The lowest BCUT2D eigenvalue weighted by Crippen LogP contribution is -2.15. The number of methoxy groups -OCH3 is 1. The van der Waals surface area contributed by atoms with Gasteiger partial charge >= 0.3 is 0 Å². The molecule has 0 aliphatic rings. The summed E-state index contributed by atoms with van der Waals surface area (Å²) in [6.07, 6.45) is 3.53. The Bertz CT molecular complexity index is 631. The molecular weight excluding hydrogens is 280 g/mol. The number of nitrogens with one attached hydrogen (secondary N) is 2. The van der Waals surface area contributed by atoms with Crippen molar-refractivity contribution in [1.82, 2.24) is 9.97 Å². The number of rotatable bonds is 7. The summed E-state index contributed by atoms with van der Waals surface area (Å²) in [5.41, 5.74) is 0.972. The highest BCUT2D eigenvalue weighted by Gasteiger charge is 2.09. The highest BCUT2D eigenvalue weighted by atomic mass is 16.5. The van der Waals surface area contributed by atoms with E-state index in [-0.39, 0.29) is 5.91 Å². The first-order chi connectivity index (χ1) is 10.7. The van der Waals surface area contributed by atoms with Crippen molar-refractivity contribution in [3.05, 3.63) is 42.4 Å². The van der Waals surface area contributed by atoms with E-state index in [0.29, 0.717) is 22.9 Å². The molecule has 22 heavy (non-hydrogen) atoms. The molecular formula is C16H20N4O2. The number of amides is 1. The molecule has 1 amide bonds. The molecule has 0 spiro atoms. The lowest BCUT2D eigenvalue weighted by Gasteiger charge is -2.08. The molecule has 0 bridgehead atoms. The van der Waals surface area contributed by atoms with Crippen LogP contribution < -0.4 is 15.4 Å². The first kappa shape index (κ1) is 15.8. The van der Waals surface area contributed by atoms with Gasteiger partial charge in [-0.15, -0.1) is 0 Å². The predicted molar refractivity (Wildman–Crippen MR) is 86.4 cm³/mol. The maximum Gasteiger partial charge on any atom is 0.274 e. The van der Waals surface area contributed by atoms with Crippen LogP contribution in [0.25, 0.3) is 0 Å². The van der Waals surface area contributed by atoms with Crippen molar-refractivity contribution >= 4 is 17.4 Å². The maximum absolute atomic E-state index is 12.2. The minimum atomic E-state index is -0.283. The zero-order chi connectivity index (χ0) is 15.8. The zero-order valence-electron chi connectivity index (χ0n) is 12.8. The van der Waals surface area contributed by atoms with Crippen LogP contribution >= 0.6 is 0 Å². The van der Waals surface area contributed by atoms with Gasteiger partial charge in [0, 0.05) is 24.4 Å². The molecule has 1 aromatic heterocycles. The van der Waals surface area contributed by atoms with E-state index in [0.717, 1.165) is 19.4 Å². The van der Waals surface area contributed by atoms with Gasteiger partial charge in [-0.25, -0.2) is 9.97 Å². The molecule has 0 fully saturated rings. The van der Waals surface area contributed by atoms with E-state index in [9.17, 15) is 4.79 Å². The van der Waals surface area contributed by atoms with Gasteiger partial charge in [-0.3, -0.25) is 4.79 Å². The van der Waals surface area contributed by atoms with Crippen molar-refractivity contribution in [3.63, 3.8) is 0 Å². The molecule has 0 saturated carbocycles. The second kappa shape index (κ2) is 7.97. The van der Waals surface area contributed by atoms with Crippen LogP contribution in [0.2, 0.25) is 0 Å². The van der Waals surface area contributed by atoms with Gasteiger partial charge in [0.15, 0.2) is 0 Å². The predicted octanol–water partition coefficient (Wildman–Crippen LogP) is 2.95. The fourth-order valence-electron chi connectivity index (χ4n) is 1.87. The van der Waals surface area contributed by atoms with E-state index < -0.39 is 0 Å². The summed E-state index contributed by atoms with van der Waals surface area (Å²) in [4.78, 5) is 20.3. The van der Waals surface area contributed by atoms with Gasteiger partial charge in [0.05, 0.1) is 7.11 Å². The molecule has 1 heterocycles. The Labute approximate surface area is 129 Å². The first-order valence-electron chi connectivity index (χ1n) is 7.24. The molecule has 0 saturated heterocycles. The number of carbonyl (C=O) groups excluding carboxylic acids is 1. The van der Waals surface area contributed by atoms with E-state index in [1.807, 2.05) is 12.1 Å². The fraction of sp³-hybridized carbons (Fsp3) is 0.312. The van der Waals surface area contributed by atoms with Crippen LogP contribution in [0.15, 0.2) is 36.7 Å². The molecule has 0 unspecified atom stereocenters. The summed E-state index contributed by atoms with van der Waals surface area (Å²) < 4.78 is 5.13. The standard InChI is InChI=1S/C16H20N4O2/c1-3-4-8-17-15-10-14(18-11-19-15)16(21)20-12-6-5-7-13(9-12)22-2/h5-7,9-11H,3-4,8H2,1-2H3,(H,20,21)(H,17,18,19). The molecule has 116 valence electrons. The number of nitrogens with zero attached hydrogens (tertiary/aromatic N) is 2. The second-order valence-electron chi connectivity index (χ2n) is 4.75. The van der Waals surface area contributed by atoms with E-state index in [1.54, 1.807) is 25.3 Å². The van der Waals surface area contributed by atoms with E-state index >= 15 is 0 Å². The van der Waals surface area contributed by atoms with Gasteiger partial charge in [-0.1, -0.05) is 19.4 Å². The highest BCUT2D eigenvalue weighted by molar-refractivity contribution is 6.03. The Hall–Kier alpha value is -2.63. The number of aromatic nitrogens is 2. The van der Waals surface area contributed by atoms with Gasteiger partial charge in [0.2, 0.25) is 0 Å². The van der Waals surface area contributed by atoms with Gasteiger partial charge < -0.3 is 15.4 Å². The molecule has 0 aliphatic carbocycles. The zero-order valence-corrected chi connectivity index (χ0v) is 12.8. The summed E-state index contributed by atoms with van der Waals surface area (Å²) in [7, 11) is 1.58. The summed E-state index contributed by atoms with van der Waals surface area (Å²) in [6.45, 7) is 2.94. The number of ether oxygens (including phenoxy) is 1. The molecule has 2 aromatic rings. The lowest BCUT2D eigenvalue weighted by molar-refractivity contribution is 0.102. The van der Waals surface area contributed by atoms with Crippen molar-refractivity contribution in [3.8, 4) is 5.75 Å². The Balaban J connectivity index is 2.03. The topological polar surface area (TPSA) is 76.1 Å². The average Bonchev–Trinajstić information content (AvgIpc) is 2.55. The smallest absolute Gasteiger partial charge is 0.274 e. The van der Waals surface area contributed by atoms with Crippen LogP contribution in [-0.2, 0) is 0 Å². The van der Waals surface area contributed by atoms with Gasteiger partial charge in [-0.2, -0.15) is 0 Å². The molecule has 6 nitrogen and oxygen atoms in total. The molecule has 6 heteroatoms. The van der Waals surface area contributed by atoms with E-state index in [1.165, 1.54) is 6.33 Å². The monoisotopic (exact) mass is 300 g/mol. The first-order valence-corrected chi connectivity index (χ1v) is 7.24. The normalized spacial score (nSPS) is 10.1. The van der Waals surface area contributed by atoms with Crippen LogP contribution in [0.4, 0.5) is 11.5 Å². The van der Waals surface area contributed by atoms with Crippen molar-refractivity contribution in [1.29, 1.82) is 0 Å². The number of carbonyl (C=O) groups is 1. The number of hydrogen-bond donors (Lipinski definition) is 2. The van der Waals surface area contributed by atoms with Crippen molar-refractivity contribution in [2.45, 2.75) is 19.8 Å². The lowest BCUT2D eigenvalue weighted by atomic mass is 10.3. The molecule has 2 rings (SSSR count). The SMILES string of the molecule is CCCCNc1cc(C(=O)Nc2cccc(OC)c2)ncn1. The van der Waals surface area contributed by atoms with Crippen molar-refractivity contribution in [2.75, 3.05) is 24.3 Å². The molecule has 2 N–H and O–H groups in total. The van der Waals surface area contributed by atoms with E-state index in [2.05, 4.69) is 27.5 Å². The third kappa shape index (κ3) is 4.44. The van der Waals surface area contributed by atoms with Gasteiger partial charge in [-0.05, 0) is 18.6 Å². The second-order valence-corrected chi connectivity index (χ2v) is 4.75. The van der Waals surface area contributed by atoms with Crippen LogP contribution in [0.5, 0.6) is 5.75 Å². The summed E-state index contributed by atoms with van der Waals surface area (Å²) in [6, 6.07) is 8.81. The van der Waals surface area contributed by atoms with Crippen molar-refractivity contribution in [2.24, 2.45) is 0 Å². The molecule has 0 radical (unpaired) electrons. The number of benzene rings is 1. The van der Waals surface area contributed by atoms with Crippen molar-refractivity contribution < 1.29 is 9.53 Å². The third-order valence-electron chi connectivity index (χ3n) is 3.06. The fourth-order valence-corrected chi connectivity index (χ4v) is 1.87. The quantitative estimate of drug-likeness (QED) is 0.769. The van der Waals surface area contributed by atoms with Gasteiger partial charge in [0.25, 0.3) is 5.91 Å². The Morgan fingerprint density at radius 3 is 2.91 bits per heavy atom. The molecule has 0 atom stereocenters. The molecule has 0 aliphatic heterocycles. The number of hydrogen-bond acceptors (Lipinski definition) is 5. The minimum absolute atomic E-state index is 0.283. The Morgan fingerprint density at radius 1 is 1.27 bits per heavy atom. The van der Waals surface area contributed by atoms with Crippen LogP contribution in [0.3, 0.4) is 0 Å². The minimum Gasteiger partial charge on any atom is -0.497 e. The largest absolute Gasteiger partial charge is 0.497 e. The maximum atomic E-state index is 12.2. The molecule has 1 aromatic carbocycles. The van der Waals surface area contributed by atoms with Crippen LogP contribution in [0, 0.1) is 0 Å². The third-order valence-corrected chi connectivity index (χ3v) is 3.06. The Kier molecular flexibility index (Phi) is 5.71. The summed E-state index contributed by atoms with van der Waals surface area (Å²) in [5, 5.41) is 5.96. The average molecular weight is 300 g/mol. The summed E-state index contributed by atoms with van der Waals surface area (Å²) >= 11 is 0. The number of anilines is 2. The Morgan fingerprint density at radius 2 is 2.14 bits per heavy atom. The number of unbranched alkanes of at least 4 members (excludes halogenated alkanes) is 1. The van der Waals surface area contributed by atoms with Crippen LogP contribution in [0.1, 0.15) is 30.3 Å². The van der Waals surface area contributed by atoms with Gasteiger partial charge in [0.1, 0.15) is 23.6 Å². The van der Waals surface area contributed by atoms with Crippen LogP contribution in [-0.4, -0.2) is 29.5 Å². The highest BCUT2D eigenvalue weighted by Crippen LogP contribution is 2.17. The van der Waals surface area contributed by atoms with E-state index in [4.69, 9.17) is 4.74 Å².